The van der Waals surface area contributed by atoms with Crippen LogP contribution in [-0.4, -0.2) is 13.9 Å². The summed E-state index contributed by atoms with van der Waals surface area (Å²) in [6.07, 6.45) is 0. The van der Waals surface area contributed by atoms with E-state index in [0.29, 0.717) is 0 Å². The number of halogens is 4. The van der Waals surface area contributed by atoms with E-state index in [-0.39, 0.29) is 11.1 Å². The summed E-state index contributed by atoms with van der Waals surface area (Å²) in [6, 6.07) is 3.61. The van der Waals surface area contributed by atoms with Gasteiger partial charge in [-0.1, -0.05) is 0 Å². The summed E-state index contributed by atoms with van der Waals surface area (Å²) in [4.78, 5) is -1.38. The third kappa shape index (κ3) is 4.01. The van der Waals surface area contributed by atoms with Crippen LogP contribution in [-0.2, 0) is 15.6 Å². The molecule has 0 unspecified atom stereocenters. The van der Waals surface area contributed by atoms with Gasteiger partial charge < -0.3 is 5.73 Å². The van der Waals surface area contributed by atoms with E-state index in [4.69, 9.17) is 21.7 Å². The van der Waals surface area contributed by atoms with Crippen molar-refractivity contribution in [2.45, 2.75) is 21.8 Å². The first-order chi connectivity index (χ1) is 8.60. The fourth-order valence-corrected chi connectivity index (χ4v) is 3.90. The minimum absolute atomic E-state index is 0.131. The van der Waals surface area contributed by atoms with E-state index in [2.05, 4.69) is 0 Å². The molecular weight excluding hydrogens is 325 g/mol. The second-order valence-electron chi connectivity index (χ2n) is 3.22. The highest BCUT2D eigenvalue weighted by atomic mass is 35.7. The van der Waals surface area contributed by atoms with E-state index in [9.17, 15) is 21.6 Å². The van der Waals surface area contributed by atoms with Crippen LogP contribution in [0.25, 0.3) is 0 Å². The molecule has 104 valence electrons. The number of hydrogen-bond donors (Lipinski definition) is 1. The van der Waals surface area contributed by atoms with Crippen LogP contribution < -0.4 is 5.73 Å². The largest absolute Gasteiger partial charge is 0.446 e. The standard InChI is InChI=1S/C9H6ClF3N2O2S2/c10-19(16,17)8-6(4-15)5(3-14)1-2-7(8)18-9(11,12)13/h1-2H,4,15H2. The fraction of sp³-hybridized carbons (Fsp3) is 0.222. The van der Waals surface area contributed by atoms with Crippen LogP contribution in [0.5, 0.6) is 0 Å². The molecule has 0 saturated heterocycles. The highest BCUT2D eigenvalue weighted by Gasteiger charge is 2.34. The Morgan fingerprint density at radius 3 is 2.37 bits per heavy atom. The van der Waals surface area contributed by atoms with E-state index in [1.165, 1.54) is 0 Å². The van der Waals surface area contributed by atoms with E-state index in [1.807, 2.05) is 0 Å². The van der Waals surface area contributed by atoms with Crippen molar-refractivity contribution in [2.24, 2.45) is 5.73 Å². The van der Waals surface area contributed by atoms with Crippen LogP contribution in [0.1, 0.15) is 11.1 Å². The topological polar surface area (TPSA) is 84.0 Å². The first-order valence-electron chi connectivity index (χ1n) is 4.56. The summed E-state index contributed by atoms with van der Waals surface area (Å²) in [6.45, 7) is -0.420. The SMILES string of the molecule is N#Cc1ccc(SC(F)(F)F)c(S(=O)(=O)Cl)c1CN. The Bertz CT molecular complexity index is 638. The normalized spacial score (nSPS) is 12.2. The van der Waals surface area contributed by atoms with Gasteiger partial charge >= 0.3 is 5.51 Å². The summed E-state index contributed by atoms with van der Waals surface area (Å²) < 4.78 is 59.9. The Balaban J connectivity index is 3.63. The Hall–Kier alpha value is -0.950. The Morgan fingerprint density at radius 1 is 1.42 bits per heavy atom. The number of hydrogen-bond acceptors (Lipinski definition) is 5. The first-order valence-corrected chi connectivity index (χ1v) is 7.69. The zero-order valence-corrected chi connectivity index (χ0v) is 11.4. The molecule has 10 heteroatoms. The highest BCUT2D eigenvalue weighted by Crippen LogP contribution is 2.42. The van der Waals surface area contributed by atoms with Crippen LogP contribution in [0.3, 0.4) is 0 Å². The summed E-state index contributed by atoms with van der Waals surface area (Å²) in [5.74, 6) is 0. The molecule has 0 atom stereocenters. The maximum Gasteiger partial charge on any atom is 0.446 e. The number of nitrogens with zero attached hydrogens (tertiary/aromatic N) is 1. The van der Waals surface area contributed by atoms with Gasteiger partial charge in [0, 0.05) is 27.7 Å². The maximum absolute atomic E-state index is 12.4. The first kappa shape index (κ1) is 16.1. The van der Waals surface area contributed by atoms with Gasteiger partial charge in [-0.3, -0.25) is 0 Å². The van der Waals surface area contributed by atoms with Crippen molar-refractivity contribution in [3.63, 3.8) is 0 Å². The molecule has 2 N–H and O–H groups in total. The number of alkyl halides is 3. The van der Waals surface area contributed by atoms with Crippen molar-refractivity contribution in [1.29, 1.82) is 5.26 Å². The molecule has 1 aromatic carbocycles. The van der Waals surface area contributed by atoms with Gasteiger partial charge in [0.2, 0.25) is 0 Å². The molecule has 0 saturated carbocycles. The lowest BCUT2D eigenvalue weighted by molar-refractivity contribution is -0.0328. The minimum atomic E-state index is -4.68. The predicted molar refractivity (Wildman–Crippen MR) is 64.0 cm³/mol. The average molecular weight is 331 g/mol. The molecule has 1 rings (SSSR count). The van der Waals surface area contributed by atoms with Gasteiger partial charge in [-0.15, -0.1) is 0 Å². The smallest absolute Gasteiger partial charge is 0.326 e. The monoisotopic (exact) mass is 330 g/mol. The van der Waals surface area contributed by atoms with Gasteiger partial charge in [-0.05, 0) is 23.9 Å². The van der Waals surface area contributed by atoms with Crippen molar-refractivity contribution in [2.75, 3.05) is 0 Å². The number of rotatable bonds is 3. The van der Waals surface area contributed by atoms with Crippen LogP contribution in [0.2, 0.25) is 0 Å². The van der Waals surface area contributed by atoms with Gasteiger partial charge in [0.25, 0.3) is 9.05 Å². The molecule has 0 amide bonds. The zero-order chi connectivity index (χ0) is 14.8. The lowest BCUT2D eigenvalue weighted by Gasteiger charge is -2.13. The molecule has 0 bridgehead atoms. The quantitative estimate of drug-likeness (QED) is 0.680. The Labute approximate surface area is 115 Å². The van der Waals surface area contributed by atoms with E-state index < -0.39 is 42.7 Å². The molecule has 0 aromatic heterocycles. The van der Waals surface area contributed by atoms with Crippen molar-refractivity contribution < 1.29 is 21.6 Å². The molecule has 4 nitrogen and oxygen atoms in total. The average Bonchev–Trinajstić information content (AvgIpc) is 2.24. The van der Waals surface area contributed by atoms with Crippen molar-refractivity contribution in [3.8, 4) is 6.07 Å². The minimum Gasteiger partial charge on any atom is -0.326 e. The molecule has 19 heavy (non-hydrogen) atoms. The van der Waals surface area contributed by atoms with Gasteiger partial charge in [0.1, 0.15) is 4.90 Å². The third-order valence-electron chi connectivity index (χ3n) is 2.02. The number of thioether (sulfide) groups is 1. The van der Waals surface area contributed by atoms with Crippen LogP contribution in [0, 0.1) is 11.3 Å². The van der Waals surface area contributed by atoms with Gasteiger partial charge in [-0.25, -0.2) is 8.42 Å². The Kier molecular flexibility index (Phi) is 4.73. The van der Waals surface area contributed by atoms with E-state index >= 15 is 0 Å². The lowest BCUT2D eigenvalue weighted by Crippen LogP contribution is -2.10. The predicted octanol–water partition coefficient (Wildman–Crippen LogP) is 2.56. The van der Waals surface area contributed by atoms with Crippen LogP contribution >= 0.6 is 22.4 Å². The number of benzene rings is 1. The van der Waals surface area contributed by atoms with Gasteiger partial charge in [0.05, 0.1) is 11.6 Å². The second-order valence-corrected chi connectivity index (χ2v) is 6.83. The summed E-state index contributed by atoms with van der Waals surface area (Å²) >= 11 is -0.626. The van der Waals surface area contributed by atoms with Crippen LogP contribution in [0.15, 0.2) is 21.9 Å². The van der Waals surface area contributed by atoms with Gasteiger partial charge in [0.15, 0.2) is 0 Å². The summed E-state index contributed by atoms with van der Waals surface area (Å²) in [5, 5.41) is 8.79. The molecule has 0 aliphatic carbocycles. The fourth-order valence-electron chi connectivity index (χ4n) is 1.39. The highest BCUT2D eigenvalue weighted by molar-refractivity contribution is 8.14. The number of nitriles is 1. The van der Waals surface area contributed by atoms with E-state index in [0.717, 1.165) is 12.1 Å². The summed E-state index contributed by atoms with van der Waals surface area (Å²) in [5.41, 5.74) is 0.246. The molecule has 0 aliphatic heterocycles. The molecule has 1 aromatic rings. The molecule has 0 fully saturated rings. The maximum atomic E-state index is 12.4. The molecule has 0 aliphatic rings. The molecule has 0 radical (unpaired) electrons. The van der Waals surface area contributed by atoms with Crippen LogP contribution in [0.4, 0.5) is 13.2 Å². The third-order valence-corrected chi connectivity index (χ3v) is 4.36. The zero-order valence-electron chi connectivity index (χ0n) is 9.03. The van der Waals surface area contributed by atoms with Crippen molar-refractivity contribution in [1.82, 2.24) is 0 Å². The molecule has 0 heterocycles. The molecular formula is C9H6ClF3N2O2S2. The van der Waals surface area contributed by atoms with Crippen molar-refractivity contribution >= 4 is 31.5 Å². The summed E-state index contributed by atoms with van der Waals surface area (Å²) in [7, 11) is 0.671. The number of nitrogens with two attached hydrogens (primary N) is 1. The van der Waals surface area contributed by atoms with Gasteiger partial charge in [-0.2, -0.15) is 18.4 Å². The molecule has 0 spiro atoms. The Morgan fingerprint density at radius 2 is 2.00 bits per heavy atom. The van der Waals surface area contributed by atoms with E-state index in [1.54, 1.807) is 6.07 Å². The van der Waals surface area contributed by atoms with Crippen molar-refractivity contribution in [3.05, 3.63) is 23.3 Å². The second kappa shape index (κ2) is 5.58. The lowest BCUT2D eigenvalue weighted by atomic mass is 10.1.